The number of fused-ring (bicyclic) bond motifs is 1. The molecule has 3 nitrogen and oxygen atoms in total. The fourth-order valence-corrected chi connectivity index (χ4v) is 2.44. The summed E-state index contributed by atoms with van der Waals surface area (Å²) in [5, 5.41) is 1.03. The van der Waals surface area contributed by atoms with Crippen LogP contribution in [-0.2, 0) is 0 Å². The predicted octanol–water partition coefficient (Wildman–Crippen LogP) is 4.72. The van der Waals surface area contributed by atoms with Crippen LogP contribution in [0.2, 0.25) is 0 Å². The minimum absolute atomic E-state index is 0.413. The van der Waals surface area contributed by atoms with Crippen LogP contribution in [0, 0.1) is 5.92 Å². The van der Waals surface area contributed by atoms with Crippen LogP contribution < -0.4 is 4.74 Å². The zero-order chi connectivity index (χ0) is 14.2. The highest BCUT2D eigenvalue weighted by atomic mass is 79.9. The number of halogens is 1. The summed E-state index contributed by atoms with van der Waals surface area (Å²) in [4.78, 5) is 10.6. The number of rotatable bonds is 7. The number of unbranched alkanes of at least 4 members (excludes halogenated alkanes) is 1. The van der Waals surface area contributed by atoms with Crippen molar-refractivity contribution in [2.45, 2.75) is 26.2 Å². The summed E-state index contributed by atoms with van der Waals surface area (Å²) in [6.45, 7) is 2.85. The van der Waals surface area contributed by atoms with Crippen molar-refractivity contribution in [3.8, 4) is 5.88 Å². The Bertz CT molecular complexity index is 571. The second kappa shape index (κ2) is 8.00. The molecule has 4 heteroatoms. The van der Waals surface area contributed by atoms with E-state index < -0.39 is 0 Å². The van der Waals surface area contributed by atoms with Crippen molar-refractivity contribution in [1.29, 1.82) is 0 Å². The van der Waals surface area contributed by atoms with Gasteiger partial charge in [-0.1, -0.05) is 41.8 Å². The van der Waals surface area contributed by atoms with Gasteiger partial charge >= 0.3 is 0 Å². The van der Waals surface area contributed by atoms with Crippen molar-refractivity contribution in [2.75, 3.05) is 6.61 Å². The van der Waals surface area contributed by atoms with Gasteiger partial charge in [-0.05, 0) is 29.6 Å². The van der Waals surface area contributed by atoms with Gasteiger partial charge in [0.25, 0.3) is 0 Å². The number of pyridine rings is 2. The van der Waals surface area contributed by atoms with Gasteiger partial charge in [0, 0.05) is 23.6 Å². The maximum Gasteiger partial charge on any atom is 0.215 e. The smallest absolute Gasteiger partial charge is 0.215 e. The van der Waals surface area contributed by atoms with Crippen molar-refractivity contribution < 1.29 is 4.74 Å². The van der Waals surface area contributed by atoms with E-state index in [2.05, 4.69) is 38.9 Å². The zero-order valence-electron chi connectivity index (χ0n) is 11.6. The molecule has 2 rings (SSSR count). The number of aromatic nitrogens is 2. The van der Waals surface area contributed by atoms with Crippen molar-refractivity contribution in [2.24, 2.45) is 5.92 Å². The first-order valence-corrected chi connectivity index (χ1v) is 7.86. The average Bonchev–Trinajstić information content (AvgIpc) is 2.50. The highest BCUT2D eigenvalue weighted by Gasteiger charge is 2.07. The average molecular weight is 335 g/mol. The number of ether oxygens (including phenoxy) is 1. The fourth-order valence-electron chi connectivity index (χ4n) is 2.01. The molecule has 0 amide bonds. The molecule has 106 valence electrons. The fraction of sp³-hybridized carbons (Fsp3) is 0.375. The van der Waals surface area contributed by atoms with Gasteiger partial charge in [0.05, 0.1) is 6.61 Å². The van der Waals surface area contributed by atoms with Crippen molar-refractivity contribution in [3.05, 3.63) is 41.5 Å². The Hall–Kier alpha value is -1.42. The van der Waals surface area contributed by atoms with Crippen LogP contribution in [0.4, 0.5) is 0 Å². The quantitative estimate of drug-likeness (QED) is 0.734. The topological polar surface area (TPSA) is 35.0 Å². The molecule has 2 heterocycles. The van der Waals surface area contributed by atoms with Crippen molar-refractivity contribution in [3.63, 3.8) is 0 Å². The number of hydrogen-bond acceptors (Lipinski definition) is 3. The molecule has 0 aromatic carbocycles. The minimum atomic E-state index is 0.413. The Balaban J connectivity index is 1.99. The van der Waals surface area contributed by atoms with E-state index in [0.29, 0.717) is 18.4 Å². The molecular weight excluding hydrogens is 316 g/mol. The molecule has 1 unspecified atom stereocenters. The van der Waals surface area contributed by atoms with Crippen LogP contribution in [0.25, 0.3) is 11.0 Å². The van der Waals surface area contributed by atoms with Gasteiger partial charge in [-0.25, -0.2) is 4.98 Å². The van der Waals surface area contributed by atoms with Crippen LogP contribution in [0.3, 0.4) is 0 Å². The second-order valence-corrected chi connectivity index (χ2v) is 5.26. The molecule has 2 aromatic heterocycles. The Morgan fingerprint density at radius 1 is 1.35 bits per heavy atom. The van der Waals surface area contributed by atoms with E-state index >= 15 is 0 Å². The van der Waals surface area contributed by atoms with Gasteiger partial charge in [-0.2, -0.15) is 4.98 Å². The standard InChI is InChI=1S/C16H19BrN2O/c1-2-3-5-13(9-10-17)12-20-15-8-7-14-6-4-11-18-16(14)19-15/h4,6-11,13H,2-3,5,12H2,1H3. The normalized spacial score (nSPS) is 12.9. The molecule has 0 saturated heterocycles. The summed E-state index contributed by atoms with van der Waals surface area (Å²) < 4.78 is 5.80. The zero-order valence-corrected chi connectivity index (χ0v) is 13.2. The highest BCUT2D eigenvalue weighted by Crippen LogP contribution is 2.17. The molecule has 0 fully saturated rings. The lowest BCUT2D eigenvalue weighted by Crippen LogP contribution is -2.10. The molecular formula is C16H19BrN2O. The molecule has 0 bridgehead atoms. The molecule has 0 aliphatic rings. The lowest BCUT2D eigenvalue weighted by molar-refractivity contribution is 0.258. The Morgan fingerprint density at radius 3 is 3.05 bits per heavy atom. The molecule has 0 saturated carbocycles. The summed E-state index contributed by atoms with van der Waals surface area (Å²) in [7, 11) is 0. The van der Waals surface area contributed by atoms with Crippen molar-refractivity contribution in [1.82, 2.24) is 9.97 Å². The molecule has 1 atom stereocenters. The molecule has 0 aliphatic carbocycles. The Morgan fingerprint density at radius 2 is 2.25 bits per heavy atom. The monoisotopic (exact) mass is 334 g/mol. The van der Waals surface area contributed by atoms with Crippen LogP contribution in [-0.4, -0.2) is 16.6 Å². The lowest BCUT2D eigenvalue weighted by Gasteiger charge is -2.13. The van der Waals surface area contributed by atoms with E-state index in [9.17, 15) is 0 Å². The third kappa shape index (κ3) is 4.30. The largest absolute Gasteiger partial charge is 0.477 e. The molecule has 0 spiro atoms. The SMILES string of the molecule is CCCCC(C=CBr)COc1ccc2cccnc2n1. The van der Waals surface area contributed by atoms with Crippen LogP contribution >= 0.6 is 15.9 Å². The summed E-state index contributed by atoms with van der Waals surface area (Å²) in [5.41, 5.74) is 0.728. The second-order valence-electron chi connectivity index (χ2n) is 4.73. The molecule has 0 aliphatic heterocycles. The van der Waals surface area contributed by atoms with Crippen LogP contribution in [0.5, 0.6) is 5.88 Å². The maximum absolute atomic E-state index is 5.80. The molecule has 20 heavy (non-hydrogen) atoms. The van der Waals surface area contributed by atoms with E-state index in [4.69, 9.17) is 4.74 Å². The first-order chi connectivity index (χ1) is 9.83. The number of nitrogens with zero attached hydrogens (tertiary/aromatic N) is 2. The summed E-state index contributed by atoms with van der Waals surface area (Å²) >= 11 is 3.34. The highest BCUT2D eigenvalue weighted by molar-refractivity contribution is 9.11. The summed E-state index contributed by atoms with van der Waals surface area (Å²) in [6.07, 6.45) is 7.42. The molecule has 2 aromatic rings. The van der Waals surface area contributed by atoms with E-state index in [-0.39, 0.29) is 0 Å². The Labute approximate surface area is 128 Å². The minimum Gasteiger partial charge on any atom is -0.477 e. The summed E-state index contributed by atoms with van der Waals surface area (Å²) in [6, 6.07) is 7.80. The van der Waals surface area contributed by atoms with Gasteiger partial charge in [0.1, 0.15) is 0 Å². The van der Waals surface area contributed by atoms with Gasteiger partial charge in [0.15, 0.2) is 5.65 Å². The van der Waals surface area contributed by atoms with Gasteiger partial charge in [-0.3, -0.25) is 0 Å². The van der Waals surface area contributed by atoms with E-state index in [0.717, 1.165) is 17.5 Å². The van der Waals surface area contributed by atoms with E-state index in [1.165, 1.54) is 12.8 Å². The predicted molar refractivity (Wildman–Crippen MR) is 86.1 cm³/mol. The number of hydrogen-bond donors (Lipinski definition) is 0. The van der Waals surface area contributed by atoms with Crippen LogP contribution in [0.1, 0.15) is 26.2 Å². The summed E-state index contributed by atoms with van der Waals surface area (Å²) in [5.74, 6) is 1.05. The van der Waals surface area contributed by atoms with Gasteiger partial charge in [0.2, 0.25) is 5.88 Å². The molecule has 0 radical (unpaired) electrons. The van der Waals surface area contributed by atoms with Crippen LogP contribution in [0.15, 0.2) is 41.5 Å². The lowest BCUT2D eigenvalue weighted by atomic mass is 10.0. The molecule has 0 N–H and O–H groups in total. The van der Waals surface area contributed by atoms with E-state index in [1.54, 1.807) is 6.20 Å². The van der Waals surface area contributed by atoms with Gasteiger partial charge < -0.3 is 4.74 Å². The maximum atomic E-state index is 5.80. The van der Waals surface area contributed by atoms with Crippen molar-refractivity contribution >= 4 is 27.0 Å². The van der Waals surface area contributed by atoms with Gasteiger partial charge in [-0.15, -0.1) is 0 Å². The first-order valence-electron chi connectivity index (χ1n) is 6.95. The van der Waals surface area contributed by atoms with E-state index in [1.807, 2.05) is 29.3 Å². The third-order valence-electron chi connectivity index (χ3n) is 3.16. The first kappa shape index (κ1) is 15.0. The third-order valence-corrected chi connectivity index (χ3v) is 3.46. The Kier molecular flexibility index (Phi) is 5.99.